The standard InChI is InChI=1S/C9H18O2Si.K/c1-4-12(2,3)8-6-5-7-9(10)11;/h4H,1,5-8H2,2-3H3,(H,10,11);/q;+1/p-1. The summed E-state index contributed by atoms with van der Waals surface area (Å²) >= 11 is 0. The zero-order valence-electron chi connectivity index (χ0n) is 8.93. The summed E-state index contributed by atoms with van der Waals surface area (Å²) < 4.78 is 0. The average Bonchev–Trinajstić information content (AvgIpc) is 1.98. The third kappa shape index (κ3) is 11.0. The summed E-state index contributed by atoms with van der Waals surface area (Å²) in [5.41, 5.74) is 2.05. The molecule has 70 valence electrons. The van der Waals surface area contributed by atoms with E-state index in [-0.39, 0.29) is 57.8 Å². The fourth-order valence-corrected chi connectivity index (χ4v) is 2.32. The molecule has 13 heavy (non-hydrogen) atoms. The van der Waals surface area contributed by atoms with E-state index in [4.69, 9.17) is 0 Å². The molecular formula is C9H17KO2Si. The number of unbranched alkanes of at least 4 members (excludes halogenated alkanes) is 1. The van der Waals surface area contributed by atoms with E-state index in [1.807, 2.05) is 5.70 Å². The van der Waals surface area contributed by atoms with Crippen LogP contribution in [0.25, 0.3) is 0 Å². The second-order valence-corrected chi connectivity index (χ2v) is 8.66. The van der Waals surface area contributed by atoms with Crippen molar-refractivity contribution >= 4 is 14.0 Å². The first-order valence-electron chi connectivity index (χ1n) is 4.31. The van der Waals surface area contributed by atoms with Crippen LogP contribution in [0.4, 0.5) is 0 Å². The molecule has 2 nitrogen and oxygen atoms in total. The molecule has 0 aliphatic rings. The number of hydrogen-bond acceptors (Lipinski definition) is 2. The number of carbonyl (C=O) groups is 1. The SMILES string of the molecule is C=C[Si](C)(C)CCCCC(=O)[O-].[K+]. The molecule has 0 amide bonds. The fraction of sp³-hybridized carbons (Fsp3) is 0.667. The van der Waals surface area contributed by atoms with Gasteiger partial charge >= 0.3 is 51.4 Å². The van der Waals surface area contributed by atoms with Crippen LogP contribution in [-0.4, -0.2) is 14.0 Å². The summed E-state index contributed by atoms with van der Waals surface area (Å²) in [6.07, 6.45) is 1.92. The van der Waals surface area contributed by atoms with E-state index in [0.717, 1.165) is 18.9 Å². The van der Waals surface area contributed by atoms with Crippen LogP contribution in [0.3, 0.4) is 0 Å². The predicted octanol–water partition coefficient (Wildman–Crippen LogP) is -1.66. The molecule has 0 saturated heterocycles. The second kappa shape index (κ2) is 8.38. The summed E-state index contributed by atoms with van der Waals surface area (Å²) in [4.78, 5) is 10.1. The van der Waals surface area contributed by atoms with Crippen LogP contribution in [0.5, 0.6) is 0 Å². The van der Waals surface area contributed by atoms with E-state index in [2.05, 4.69) is 19.7 Å². The van der Waals surface area contributed by atoms with Crippen molar-refractivity contribution in [3.05, 3.63) is 12.3 Å². The molecule has 0 saturated carbocycles. The molecule has 0 aromatic rings. The Morgan fingerprint density at radius 2 is 2.00 bits per heavy atom. The van der Waals surface area contributed by atoms with Gasteiger partial charge in [-0.2, -0.15) is 0 Å². The Labute approximate surface area is 124 Å². The van der Waals surface area contributed by atoms with Crippen molar-refractivity contribution in [2.45, 2.75) is 38.4 Å². The van der Waals surface area contributed by atoms with Gasteiger partial charge in [0.05, 0.1) is 8.07 Å². The number of hydrogen-bond donors (Lipinski definition) is 0. The van der Waals surface area contributed by atoms with Gasteiger partial charge in [0, 0.05) is 5.97 Å². The van der Waals surface area contributed by atoms with E-state index in [1.54, 1.807) is 0 Å². The molecule has 0 radical (unpaired) electrons. The molecule has 0 atom stereocenters. The van der Waals surface area contributed by atoms with Gasteiger partial charge in [-0.05, 0) is 12.8 Å². The van der Waals surface area contributed by atoms with Crippen molar-refractivity contribution in [1.29, 1.82) is 0 Å². The first-order chi connectivity index (χ1) is 5.48. The predicted molar refractivity (Wildman–Crippen MR) is 51.3 cm³/mol. The number of carboxylic acids is 1. The van der Waals surface area contributed by atoms with Crippen LogP contribution < -0.4 is 56.5 Å². The first-order valence-corrected chi connectivity index (χ1v) is 7.60. The quantitative estimate of drug-likeness (QED) is 0.400. The molecule has 0 heterocycles. The van der Waals surface area contributed by atoms with E-state index in [0.29, 0.717) is 0 Å². The van der Waals surface area contributed by atoms with Crippen molar-refractivity contribution in [2.75, 3.05) is 0 Å². The molecule has 0 aliphatic carbocycles. The number of carbonyl (C=O) groups excluding carboxylic acids is 1. The molecule has 0 aromatic carbocycles. The first kappa shape index (κ1) is 16.5. The summed E-state index contributed by atoms with van der Waals surface area (Å²) in [6, 6.07) is 1.13. The molecule has 0 unspecified atom stereocenters. The van der Waals surface area contributed by atoms with Crippen molar-refractivity contribution in [3.8, 4) is 0 Å². The maximum absolute atomic E-state index is 10.1. The summed E-state index contributed by atoms with van der Waals surface area (Å²) in [5, 5.41) is 10.1. The van der Waals surface area contributed by atoms with Gasteiger partial charge in [-0.25, -0.2) is 0 Å². The van der Waals surface area contributed by atoms with Gasteiger partial charge in [-0.3, -0.25) is 0 Å². The van der Waals surface area contributed by atoms with Gasteiger partial charge < -0.3 is 9.90 Å². The fourth-order valence-electron chi connectivity index (χ4n) is 0.952. The topological polar surface area (TPSA) is 40.1 Å². The molecule has 0 fully saturated rings. The summed E-state index contributed by atoms with van der Waals surface area (Å²) in [6.45, 7) is 8.25. The van der Waals surface area contributed by atoms with E-state index in [9.17, 15) is 9.90 Å². The molecule has 0 N–H and O–H groups in total. The zero-order chi connectivity index (χ0) is 9.61. The Bertz CT molecular complexity index is 169. The van der Waals surface area contributed by atoms with Crippen LogP contribution in [0.1, 0.15) is 19.3 Å². The van der Waals surface area contributed by atoms with Crippen LogP contribution in [0.2, 0.25) is 19.1 Å². The molecule has 0 bridgehead atoms. The minimum atomic E-state index is -1.20. The minimum absolute atomic E-state index is 0. The Kier molecular flexibility index (Phi) is 10.6. The maximum Gasteiger partial charge on any atom is 1.00 e. The minimum Gasteiger partial charge on any atom is -0.550 e. The Balaban J connectivity index is 0. The van der Waals surface area contributed by atoms with Gasteiger partial charge in [-0.15, -0.1) is 12.3 Å². The Morgan fingerprint density at radius 1 is 1.46 bits per heavy atom. The Morgan fingerprint density at radius 3 is 2.38 bits per heavy atom. The second-order valence-electron chi connectivity index (χ2n) is 3.77. The number of aliphatic carboxylic acids is 1. The largest absolute Gasteiger partial charge is 1.00 e. The molecule has 4 heteroatoms. The smallest absolute Gasteiger partial charge is 0.550 e. The zero-order valence-corrected chi connectivity index (χ0v) is 13.1. The van der Waals surface area contributed by atoms with Crippen molar-refractivity contribution in [2.24, 2.45) is 0 Å². The van der Waals surface area contributed by atoms with Crippen LogP contribution in [-0.2, 0) is 4.79 Å². The molecule has 0 aliphatic heterocycles. The van der Waals surface area contributed by atoms with Crippen LogP contribution in [0.15, 0.2) is 12.3 Å². The molecule has 0 aromatic heterocycles. The van der Waals surface area contributed by atoms with Crippen LogP contribution in [0, 0.1) is 0 Å². The van der Waals surface area contributed by atoms with E-state index < -0.39 is 14.0 Å². The number of carboxylic acid groups (broad SMARTS) is 1. The van der Waals surface area contributed by atoms with Gasteiger partial charge in [0.1, 0.15) is 0 Å². The van der Waals surface area contributed by atoms with Gasteiger partial charge in [0.2, 0.25) is 0 Å². The Hall–Kier alpha value is 1.06. The van der Waals surface area contributed by atoms with Crippen molar-refractivity contribution < 1.29 is 61.3 Å². The maximum atomic E-state index is 10.1. The van der Waals surface area contributed by atoms with Crippen LogP contribution >= 0.6 is 0 Å². The average molecular weight is 224 g/mol. The van der Waals surface area contributed by atoms with Crippen molar-refractivity contribution in [3.63, 3.8) is 0 Å². The van der Waals surface area contributed by atoms with Crippen molar-refractivity contribution in [1.82, 2.24) is 0 Å². The van der Waals surface area contributed by atoms with Gasteiger partial charge in [0.15, 0.2) is 0 Å². The van der Waals surface area contributed by atoms with Gasteiger partial charge in [-0.1, -0.05) is 25.6 Å². The van der Waals surface area contributed by atoms with Gasteiger partial charge in [0.25, 0.3) is 0 Å². The van der Waals surface area contributed by atoms with E-state index in [1.165, 1.54) is 0 Å². The summed E-state index contributed by atoms with van der Waals surface area (Å²) in [7, 11) is -1.20. The monoisotopic (exact) mass is 224 g/mol. The molecule has 0 rings (SSSR count). The third-order valence-electron chi connectivity index (χ3n) is 2.00. The van der Waals surface area contributed by atoms with E-state index >= 15 is 0 Å². The normalized spacial score (nSPS) is 10.3. The third-order valence-corrected chi connectivity index (χ3v) is 4.75. The summed E-state index contributed by atoms with van der Waals surface area (Å²) in [5.74, 6) is -0.937. The number of rotatable bonds is 6. The molecular weight excluding hydrogens is 207 g/mol. The molecule has 0 spiro atoms.